The van der Waals surface area contributed by atoms with E-state index in [1.807, 2.05) is 18.2 Å². The number of para-hydroxylation sites is 2. The standard InChI is InChI=1S/C23H21NO4/c25-18-15-21(27-20-8-4-2-6-17(18)20)22(26)24-13-11-23(12-14-24)10-9-16-5-1-3-7-19(16)28-23/h1-8,15H,9-14H2. The smallest absolute Gasteiger partial charge is 0.289 e. The van der Waals surface area contributed by atoms with Crippen molar-refractivity contribution in [1.82, 2.24) is 4.90 Å². The van der Waals surface area contributed by atoms with Gasteiger partial charge in [-0.2, -0.15) is 0 Å². The van der Waals surface area contributed by atoms with E-state index in [1.54, 1.807) is 29.2 Å². The van der Waals surface area contributed by atoms with E-state index in [-0.39, 0.29) is 22.7 Å². The monoisotopic (exact) mass is 375 g/mol. The Bertz CT molecular complexity index is 1110. The predicted octanol–water partition coefficient (Wildman–Crippen LogP) is 3.79. The van der Waals surface area contributed by atoms with Crippen molar-refractivity contribution < 1.29 is 13.9 Å². The first-order valence-electron chi connectivity index (χ1n) is 9.73. The van der Waals surface area contributed by atoms with Gasteiger partial charge in [-0.1, -0.05) is 30.3 Å². The molecular formula is C23H21NO4. The van der Waals surface area contributed by atoms with E-state index < -0.39 is 0 Å². The van der Waals surface area contributed by atoms with Crippen molar-refractivity contribution in [2.45, 2.75) is 31.3 Å². The van der Waals surface area contributed by atoms with Crippen LogP contribution < -0.4 is 10.2 Å². The molecule has 1 fully saturated rings. The Balaban J connectivity index is 1.33. The van der Waals surface area contributed by atoms with Crippen molar-refractivity contribution >= 4 is 16.9 Å². The highest BCUT2D eigenvalue weighted by molar-refractivity contribution is 5.93. The third-order valence-electron chi connectivity index (χ3n) is 5.96. The van der Waals surface area contributed by atoms with Gasteiger partial charge in [0.05, 0.1) is 5.39 Å². The van der Waals surface area contributed by atoms with Gasteiger partial charge in [0.2, 0.25) is 0 Å². The molecule has 0 radical (unpaired) electrons. The highest BCUT2D eigenvalue weighted by atomic mass is 16.5. The number of amides is 1. The molecule has 1 spiro atoms. The van der Waals surface area contributed by atoms with E-state index in [1.165, 1.54) is 11.6 Å². The van der Waals surface area contributed by atoms with Gasteiger partial charge in [-0.05, 0) is 36.6 Å². The number of benzene rings is 2. The van der Waals surface area contributed by atoms with Crippen LogP contribution in [0.15, 0.2) is 63.8 Å². The fourth-order valence-corrected chi connectivity index (χ4v) is 4.29. The van der Waals surface area contributed by atoms with E-state index in [9.17, 15) is 9.59 Å². The summed E-state index contributed by atoms with van der Waals surface area (Å²) < 4.78 is 12.1. The molecule has 0 aliphatic carbocycles. The molecule has 3 heterocycles. The Morgan fingerprint density at radius 1 is 0.964 bits per heavy atom. The second kappa shape index (κ2) is 6.51. The third-order valence-corrected chi connectivity index (χ3v) is 5.96. The minimum Gasteiger partial charge on any atom is -0.487 e. The van der Waals surface area contributed by atoms with Gasteiger partial charge in [0.25, 0.3) is 5.91 Å². The van der Waals surface area contributed by atoms with E-state index in [0.29, 0.717) is 24.1 Å². The van der Waals surface area contributed by atoms with Crippen LogP contribution in [0.2, 0.25) is 0 Å². The van der Waals surface area contributed by atoms with Crippen molar-refractivity contribution in [2.24, 2.45) is 0 Å². The molecule has 0 N–H and O–H groups in total. The number of ether oxygens (including phenoxy) is 1. The predicted molar refractivity (Wildman–Crippen MR) is 106 cm³/mol. The van der Waals surface area contributed by atoms with Gasteiger partial charge in [-0.3, -0.25) is 9.59 Å². The molecule has 0 atom stereocenters. The molecule has 1 amide bonds. The third kappa shape index (κ3) is 2.87. The number of hydrogen-bond acceptors (Lipinski definition) is 4. The largest absolute Gasteiger partial charge is 0.487 e. The molecule has 5 rings (SSSR count). The molecule has 1 aromatic heterocycles. The number of hydrogen-bond donors (Lipinski definition) is 0. The lowest BCUT2D eigenvalue weighted by molar-refractivity contribution is -0.0113. The van der Waals surface area contributed by atoms with Crippen LogP contribution in [0, 0.1) is 0 Å². The van der Waals surface area contributed by atoms with Crippen molar-refractivity contribution in [3.63, 3.8) is 0 Å². The molecule has 1 saturated heterocycles. The maximum absolute atomic E-state index is 12.9. The summed E-state index contributed by atoms with van der Waals surface area (Å²) in [5.74, 6) is 0.845. The van der Waals surface area contributed by atoms with Crippen LogP contribution in [0.3, 0.4) is 0 Å². The van der Waals surface area contributed by atoms with E-state index >= 15 is 0 Å². The van der Waals surface area contributed by atoms with Crippen molar-refractivity contribution in [2.75, 3.05) is 13.1 Å². The topological polar surface area (TPSA) is 59.8 Å². The Kier molecular flexibility index (Phi) is 3.97. The molecule has 5 heteroatoms. The second-order valence-corrected chi connectivity index (χ2v) is 7.66. The summed E-state index contributed by atoms with van der Waals surface area (Å²) in [6.07, 6.45) is 3.54. The zero-order valence-corrected chi connectivity index (χ0v) is 15.5. The van der Waals surface area contributed by atoms with Crippen molar-refractivity contribution in [3.05, 3.63) is 76.1 Å². The molecule has 2 aliphatic heterocycles. The highest BCUT2D eigenvalue weighted by Gasteiger charge is 2.40. The average molecular weight is 375 g/mol. The van der Waals surface area contributed by atoms with E-state index in [4.69, 9.17) is 9.15 Å². The zero-order chi connectivity index (χ0) is 19.1. The Hall–Kier alpha value is -3.08. The van der Waals surface area contributed by atoms with Gasteiger partial charge in [-0.25, -0.2) is 0 Å². The number of aryl methyl sites for hydroxylation is 1. The summed E-state index contributed by atoms with van der Waals surface area (Å²) in [5.41, 5.74) is 1.31. The zero-order valence-electron chi connectivity index (χ0n) is 15.5. The molecule has 0 unspecified atom stereocenters. The van der Waals surface area contributed by atoms with Gasteiger partial charge in [0, 0.05) is 32.0 Å². The molecule has 3 aromatic rings. The number of nitrogens with zero attached hydrogens (tertiary/aromatic N) is 1. The van der Waals surface area contributed by atoms with Crippen molar-refractivity contribution in [3.8, 4) is 5.75 Å². The quantitative estimate of drug-likeness (QED) is 0.649. The Labute approximate surface area is 162 Å². The van der Waals surface area contributed by atoms with Crippen LogP contribution in [-0.4, -0.2) is 29.5 Å². The van der Waals surface area contributed by atoms with Gasteiger partial charge in [0.1, 0.15) is 16.9 Å². The molecule has 28 heavy (non-hydrogen) atoms. The number of piperidine rings is 1. The highest BCUT2D eigenvalue weighted by Crippen LogP contribution is 2.39. The first-order valence-corrected chi connectivity index (χ1v) is 9.73. The fourth-order valence-electron chi connectivity index (χ4n) is 4.29. The Morgan fingerprint density at radius 2 is 1.71 bits per heavy atom. The minimum atomic E-state index is -0.228. The summed E-state index contributed by atoms with van der Waals surface area (Å²) in [5, 5.41) is 0.492. The van der Waals surface area contributed by atoms with Crippen LogP contribution >= 0.6 is 0 Å². The number of carbonyl (C=O) groups is 1. The van der Waals surface area contributed by atoms with Crippen LogP contribution in [0.25, 0.3) is 11.0 Å². The molecular weight excluding hydrogens is 354 g/mol. The van der Waals surface area contributed by atoms with Gasteiger partial charge >= 0.3 is 0 Å². The maximum atomic E-state index is 12.9. The normalized spacial score (nSPS) is 17.9. The summed E-state index contributed by atoms with van der Waals surface area (Å²) >= 11 is 0. The van der Waals surface area contributed by atoms with Gasteiger partial charge in [0.15, 0.2) is 11.2 Å². The number of carbonyl (C=O) groups excluding carboxylic acids is 1. The fraction of sp³-hybridized carbons (Fsp3) is 0.304. The first kappa shape index (κ1) is 17.0. The van der Waals surface area contributed by atoms with Crippen molar-refractivity contribution in [1.29, 1.82) is 0 Å². The minimum absolute atomic E-state index is 0.106. The summed E-state index contributed by atoms with van der Waals surface area (Å²) in [6, 6.07) is 16.5. The van der Waals surface area contributed by atoms with E-state index in [0.717, 1.165) is 31.4 Å². The maximum Gasteiger partial charge on any atom is 0.289 e. The number of fused-ring (bicyclic) bond motifs is 2. The molecule has 5 nitrogen and oxygen atoms in total. The first-order chi connectivity index (χ1) is 13.6. The average Bonchev–Trinajstić information content (AvgIpc) is 2.74. The lowest BCUT2D eigenvalue weighted by atomic mass is 9.83. The van der Waals surface area contributed by atoms with Crippen LogP contribution in [-0.2, 0) is 6.42 Å². The number of rotatable bonds is 1. The lowest BCUT2D eigenvalue weighted by Crippen LogP contribution is -2.51. The SMILES string of the molecule is O=C(c1cc(=O)c2ccccc2o1)N1CCC2(CCc3ccccc3O2)CC1. The summed E-state index contributed by atoms with van der Waals surface area (Å²) in [6.45, 7) is 1.19. The molecule has 0 bridgehead atoms. The Morgan fingerprint density at radius 3 is 2.57 bits per heavy atom. The van der Waals surface area contributed by atoms with Gasteiger partial charge < -0.3 is 14.1 Å². The molecule has 0 saturated carbocycles. The molecule has 2 aromatic carbocycles. The number of likely N-dealkylation sites (tertiary alicyclic amines) is 1. The van der Waals surface area contributed by atoms with Gasteiger partial charge in [-0.15, -0.1) is 0 Å². The molecule has 2 aliphatic rings. The van der Waals surface area contributed by atoms with Crippen LogP contribution in [0.5, 0.6) is 5.75 Å². The van der Waals surface area contributed by atoms with Crippen LogP contribution in [0.1, 0.15) is 35.4 Å². The second-order valence-electron chi connectivity index (χ2n) is 7.66. The lowest BCUT2D eigenvalue weighted by Gasteiger charge is -2.44. The summed E-state index contributed by atoms with van der Waals surface area (Å²) in [7, 11) is 0. The van der Waals surface area contributed by atoms with E-state index in [2.05, 4.69) is 6.07 Å². The van der Waals surface area contributed by atoms with Crippen LogP contribution in [0.4, 0.5) is 0 Å². The summed E-state index contributed by atoms with van der Waals surface area (Å²) in [4.78, 5) is 27.0. The molecule has 142 valence electrons.